The minimum absolute atomic E-state index is 0.159. The molecule has 1 aromatic rings. The minimum Gasteiger partial charge on any atom is -0.503 e. The number of nitrogens with zero attached hydrogens (tertiary/aromatic N) is 2. The number of halogens is 1. The SMILES string of the molecule is CCCN(CCN(C)C)Cc1cc(Br)c(O)c(OC)c1. The van der Waals surface area contributed by atoms with Crippen molar-refractivity contribution in [1.82, 2.24) is 9.80 Å². The van der Waals surface area contributed by atoms with E-state index < -0.39 is 0 Å². The van der Waals surface area contributed by atoms with Crippen LogP contribution in [0.1, 0.15) is 18.9 Å². The predicted molar refractivity (Wildman–Crippen MR) is 86.5 cm³/mol. The Hall–Kier alpha value is -0.780. The fraction of sp³-hybridized carbons (Fsp3) is 0.600. The lowest BCUT2D eigenvalue weighted by molar-refractivity contribution is 0.233. The summed E-state index contributed by atoms with van der Waals surface area (Å²) in [6, 6.07) is 3.86. The van der Waals surface area contributed by atoms with Crippen LogP contribution in [-0.4, -0.2) is 55.7 Å². The van der Waals surface area contributed by atoms with Gasteiger partial charge in [0.2, 0.25) is 0 Å². The third-order valence-electron chi connectivity index (χ3n) is 3.12. The number of aromatic hydroxyl groups is 1. The van der Waals surface area contributed by atoms with Gasteiger partial charge in [0, 0.05) is 19.6 Å². The normalized spacial score (nSPS) is 11.3. The van der Waals surface area contributed by atoms with Crippen LogP contribution in [0.5, 0.6) is 11.5 Å². The van der Waals surface area contributed by atoms with Crippen LogP contribution in [0, 0.1) is 0 Å². The molecule has 4 nitrogen and oxygen atoms in total. The molecule has 0 saturated heterocycles. The molecule has 5 heteroatoms. The average Bonchev–Trinajstić information content (AvgIpc) is 2.40. The number of likely N-dealkylation sites (N-methyl/N-ethyl adjacent to an activating group) is 1. The Morgan fingerprint density at radius 1 is 1.20 bits per heavy atom. The standard InChI is InChI=1S/C15H25BrN2O2/c1-5-6-18(8-7-17(2)3)11-12-9-13(16)15(19)14(10-12)20-4/h9-10,19H,5-8,11H2,1-4H3. The lowest BCUT2D eigenvalue weighted by Crippen LogP contribution is -2.32. The van der Waals surface area contributed by atoms with E-state index in [-0.39, 0.29) is 5.75 Å². The molecule has 20 heavy (non-hydrogen) atoms. The van der Waals surface area contributed by atoms with E-state index in [1.165, 1.54) is 0 Å². The first-order valence-electron chi connectivity index (χ1n) is 6.90. The third-order valence-corrected chi connectivity index (χ3v) is 3.72. The highest BCUT2D eigenvalue weighted by Crippen LogP contribution is 2.35. The summed E-state index contributed by atoms with van der Waals surface area (Å²) in [6.45, 7) is 6.18. The van der Waals surface area contributed by atoms with E-state index in [1.54, 1.807) is 7.11 Å². The maximum atomic E-state index is 9.84. The lowest BCUT2D eigenvalue weighted by Gasteiger charge is -2.24. The number of ether oxygens (including phenoxy) is 1. The number of methoxy groups -OCH3 is 1. The molecule has 0 aliphatic heterocycles. The largest absolute Gasteiger partial charge is 0.503 e. The van der Waals surface area contributed by atoms with Gasteiger partial charge in [-0.3, -0.25) is 4.90 Å². The maximum Gasteiger partial charge on any atom is 0.172 e. The summed E-state index contributed by atoms with van der Waals surface area (Å²) < 4.78 is 5.88. The van der Waals surface area contributed by atoms with Gasteiger partial charge in [0.25, 0.3) is 0 Å². The van der Waals surface area contributed by atoms with E-state index in [4.69, 9.17) is 4.74 Å². The molecule has 0 bridgehead atoms. The number of hydrogen-bond donors (Lipinski definition) is 1. The Labute approximate surface area is 130 Å². The van der Waals surface area contributed by atoms with Crippen molar-refractivity contribution in [2.75, 3.05) is 40.8 Å². The van der Waals surface area contributed by atoms with Crippen molar-refractivity contribution in [3.8, 4) is 11.5 Å². The molecule has 0 atom stereocenters. The van der Waals surface area contributed by atoms with Gasteiger partial charge in [-0.25, -0.2) is 0 Å². The second-order valence-corrected chi connectivity index (χ2v) is 6.06. The van der Waals surface area contributed by atoms with Crippen LogP contribution >= 0.6 is 15.9 Å². The van der Waals surface area contributed by atoms with Crippen LogP contribution in [0.15, 0.2) is 16.6 Å². The lowest BCUT2D eigenvalue weighted by atomic mass is 10.2. The first kappa shape index (κ1) is 17.3. The van der Waals surface area contributed by atoms with Crippen LogP contribution < -0.4 is 4.74 Å². The van der Waals surface area contributed by atoms with Crippen molar-refractivity contribution in [1.29, 1.82) is 0 Å². The van der Waals surface area contributed by atoms with Crippen molar-refractivity contribution in [3.05, 3.63) is 22.2 Å². The highest BCUT2D eigenvalue weighted by atomic mass is 79.9. The summed E-state index contributed by atoms with van der Waals surface area (Å²) in [6.07, 6.45) is 1.13. The highest BCUT2D eigenvalue weighted by molar-refractivity contribution is 9.10. The summed E-state index contributed by atoms with van der Waals surface area (Å²) >= 11 is 3.37. The van der Waals surface area contributed by atoms with Crippen molar-refractivity contribution >= 4 is 15.9 Å². The van der Waals surface area contributed by atoms with Crippen molar-refractivity contribution in [2.24, 2.45) is 0 Å². The molecule has 0 spiro atoms. The summed E-state index contributed by atoms with van der Waals surface area (Å²) in [5.74, 6) is 0.671. The smallest absolute Gasteiger partial charge is 0.172 e. The van der Waals surface area contributed by atoms with E-state index in [0.717, 1.165) is 38.2 Å². The van der Waals surface area contributed by atoms with Gasteiger partial charge in [-0.05, 0) is 60.7 Å². The van der Waals surface area contributed by atoms with Crippen LogP contribution in [0.3, 0.4) is 0 Å². The van der Waals surface area contributed by atoms with Crippen molar-refractivity contribution in [3.63, 3.8) is 0 Å². The molecular formula is C15H25BrN2O2. The monoisotopic (exact) mass is 344 g/mol. The molecule has 114 valence electrons. The first-order chi connectivity index (χ1) is 9.47. The van der Waals surface area contributed by atoms with Gasteiger partial charge in [-0.1, -0.05) is 6.92 Å². The number of rotatable bonds is 8. The fourth-order valence-corrected chi connectivity index (χ4v) is 2.55. The van der Waals surface area contributed by atoms with E-state index in [9.17, 15) is 5.11 Å². The molecule has 1 aromatic carbocycles. The molecule has 0 aromatic heterocycles. The van der Waals surface area contributed by atoms with Crippen LogP contribution in [-0.2, 0) is 6.54 Å². The van der Waals surface area contributed by atoms with E-state index in [0.29, 0.717) is 10.2 Å². The molecule has 0 radical (unpaired) electrons. The molecule has 1 rings (SSSR count). The third kappa shape index (κ3) is 5.31. The Morgan fingerprint density at radius 3 is 2.45 bits per heavy atom. The Kier molecular flexibility index (Phi) is 7.34. The molecule has 0 aliphatic carbocycles. The average molecular weight is 345 g/mol. The molecule has 0 heterocycles. The quantitative estimate of drug-likeness (QED) is 0.786. The summed E-state index contributed by atoms with van der Waals surface area (Å²) in [7, 11) is 5.75. The summed E-state index contributed by atoms with van der Waals surface area (Å²) in [5.41, 5.74) is 1.14. The zero-order valence-electron chi connectivity index (χ0n) is 12.8. The van der Waals surface area contributed by atoms with Gasteiger partial charge >= 0.3 is 0 Å². The number of phenols is 1. The highest BCUT2D eigenvalue weighted by Gasteiger charge is 2.11. The molecule has 0 amide bonds. The van der Waals surface area contributed by atoms with Crippen LogP contribution in [0.4, 0.5) is 0 Å². The molecule has 1 N–H and O–H groups in total. The zero-order valence-corrected chi connectivity index (χ0v) is 14.4. The van der Waals surface area contributed by atoms with Gasteiger partial charge in [-0.2, -0.15) is 0 Å². The molecule has 0 fully saturated rings. The van der Waals surface area contributed by atoms with Gasteiger partial charge in [-0.15, -0.1) is 0 Å². The van der Waals surface area contributed by atoms with Crippen molar-refractivity contribution < 1.29 is 9.84 Å². The Morgan fingerprint density at radius 2 is 1.90 bits per heavy atom. The summed E-state index contributed by atoms with van der Waals surface area (Å²) in [5, 5.41) is 9.84. The van der Waals surface area contributed by atoms with E-state index in [1.807, 2.05) is 12.1 Å². The zero-order chi connectivity index (χ0) is 15.1. The Bertz CT molecular complexity index is 425. The number of benzene rings is 1. The fourth-order valence-electron chi connectivity index (χ4n) is 2.06. The van der Waals surface area contributed by atoms with Gasteiger partial charge in [0.15, 0.2) is 11.5 Å². The van der Waals surface area contributed by atoms with Crippen LogP contribution in [0.25, 0.3) is 0 Å². The van der Waals surface area contributed by atoms with Gasteiger partial charge < -0.3 is 14.7 Å². The number of hydrogen-bond acceptors (Lipinski definition) is 4. The van der Waals surface area contributed by atoms with Gasteiger partial charge in [0.05, 0.1) is 11.6 Å². The first-order valence-corrected chi connectivity index (χ1v) is 7.69. The molecule has 0 aliphatic rings. The van der Waals surface area contributed by atoms with E-state index >= 15 is 0 Å². The second kappa shape index (κ2) is 8.49. The van der Waals surface area contributed by atoms with Gasteiger partial charge in [0.1, 0.15) is 0 Å². The summed E-state index contributed by atoms with van der Waals surface area (Å²) in [4.78, 5) is 4.61. The van der Waals surface area contributed by atoms with Crippen LogP contribution in [0.2, 0.25) is 0 Å². The maximum absolute atomic E-state index is 9.84. The molecule has 0 unspecified atom stereocenters. The topological polar surface area (TPSA) is 35.9 Å². The minimum atomic E-state index is 0.159. The van der Waals surface area contributed by atoms with E-state index in [2.05, 4.69) is 46.7 Å². The predicted octanol–water partition coefficient (Wildman–Crippen LogP) is 2.94. The number of phenolic OH excluding ortho intramolecular Hbond substituents is 1. The molecular weight excluding hydrogens is 320 g/mol. The van der Waals surface area contributed by atoms with Crippen molar-refractivity contribution in [2.45, 2.75) is 19.9 Å². The second-order valence-electron chi connectivity index (χ2n) is 5.21. The Balaban J connectivity index is 2.79. The molecule has 0 saturated carbocycles.